The molecular weight excluding hydrogens is 112 g/mol. The number of nitrogens with zero attached hydrogens (tertiary/aromatic N) is 2. The lowest BCUT2D eigenvalue weighted by Crippen LogP contribution is -2.17. The zero-order chi connectivity index (χ0) is 7.11. The van der Waals surface area contributed by atoms with Crippen LogP contribution in [0.4, 0.5) is 0 Å². The van der Waals surface area contributed by atoms with Gasteiger partial charge >= 0.3 is 0 Å². The van der Waals surface area contributed by atoms with Crippen molar-refractivity contribution in [1.29, 1.82) is 5.26 Å². The van der Waals surface area contributed by atoms with Gasteiger partial charge in [0.2, 0.25) is 0 Å². The van der Waals surface area contributed by atoms with Gasteiger partial charge in [0, 0.05) is 6.54 Å². The number of hydrogen-bond acceptors (Lipinski definition) is 2. The zero-order valence-corrected chi connectivity index (χ0v) is 5.96. The van der Waals surface area contributed by atoms with Gasteiger partial charge in [0.15, 0.2) is 0 Å². The second-order valence-electron chi connectivity index (χ2n) is 1.92. The molecule has 0 rings (SSSR count). The summed E-state index contributed by atoms with van der Waals surface area (Å²) in [6.45, 7) is 3.34. The van der Waals surface area contributed by atoms with Gasteiger partial charge in [-0.1, -0.05) is 12.2 Å². The lowest BCUT2D eigenvalue weighted by Gasteiger charge is -2.06. The second kappa shape index (κ2) is 5.33. The van der Waals surface area contributed by atoms with Gasteiger partial charge in [-0.2, -0.15) is 5.26 Å². The van der Waals surface area contributed by atoms with Crippen molar-refractivity contribution < 1.29 is 0 Å². The number of rotatable bonds is 3. The predicted molar refractivity (Wildman–Crippen MR) is 37.9 cm³/mol. The molecule has 0 aliphatic heterocycles. The molecule has 0 heterocycles. The molecule has 0 N–H and O–H groups in total. The molecule has 0 bridgehead atoms. The van der Waals surface area contributed by atoms with Crippen molar-refractivity contribution in [3.8, 4) is 6.07 Å². The molecule has 0 radical (unpaired) electrons. The molecule has 0 aliphatic carbocycles. The van der Waals surface area contributed by atoms with Gasteiger partial charge in [0.25, 0.3) is 0 Å². The molecular formula is C7H12N2. The van der Waals surface area contributed by atoms with Gasteiger partial charge in [-0.05, 0) is 14.0 Å². The van der Waals surface area contributed by atoms with E-state index in [4.69, 9.17) is 5.26 Å². The Morgan fingerprint density at radius 3 is 2.78 bits per heavy atom. The summed E-state index contributed by atoms with van der Waals surface area (Å²) in [7, 11) is 1.92. The molecule has 0 saturated carbocycles. The minimum atomic E-state index is 0.504. The quantitative estimate of drug-likeness (QED) is 0.415. The van der Waals surface area contributed by atoms with Gasteiger partial charge in [0.05, 0.1) is 12.6 Å². The van der Waals surface area contributed by atoms with Crippen molar-refractivity contribution in [2.75, 3.05) is 20.1 Å². The SMILES string of the molecule is C/C=C/CN(C)CC#N. The molecule has 0 aliphatic rings. The van der Waals surface area contributed by atoms with Crippen molar-refractivity contribution >= 4 is 0 Å². The van der Waals surface area contributed by atoms with E-state index in [1.54, 1.807) is 0 Å². The molecule has 0 spiro atoms. The van der Waals surface area contributed by atoms with Gasteiger partial charge < -0.3 is 0 Å². The van der Waals surface area contributed by atoms with Gasteiger partial charge in [0.1, 0.15) is 0 Å². The highest BCUT2D eigenvalue weighted by atomic mass is 15.1. The molecule has 0 amide bonds. The smallest absolute Gasteiger partial charge is 0.0866 e. The summed E-state index contributed by atoms with van der Waals surface area (Å²) in [5.41, 5.74) is 0. The molecule has 0 aromatic carbocycles. The fraction of sp³-hybridized carbons (Fsp3) is 0.571. The Labute approximate surface area is 56.4 Å². The predicted octanol–water partition coefficient (Wildman–Crippen LogP) is 1.02. The molecule has 2 nitrogen and oxygen atoms in total. The molecule has 0 aromatic heterocycles. The third kappa shape index (κ3) is 5.05. The molecule has 0 fully saturated rings. The van der Waals surface area contributed by atoms with Crippen LogP contribution >= 0.6 is 0 Å². The first-order chi connectivity index (χ1) is 4.31. The van der Waals surface area contributed by atoms with E-state index >= 15 is 0 Å². The summed E-state index contributed by atoms with van der Waals surface area (Å²) in [5.74, 6) is 0. The summed E-state index contributed by atoms with van der Waals surface area (Å²) < 4.78 is 0. The summed E-state index contributed by atoms with van der Waals surface area (Å²) in [4.78, 5) is 1.94. The standard InChI is InChI=1S/C7H12N2/c1-3-4-6-9(2)7-5-8/h3-4H,6-7H2,1-2H3/b4-3+. The molecule has 9 heavy (non-hydrogen) atoms. The molecule has 50 valence electrons. The monoisotopic (exact) mass is 124 g/mol. The highest BCUT2D eigenvalue weighted by molar-refractivity contribution is 4.83. The summed E-state index contributed by atoms with van der Waals surface area (Å²) >= 11 is 0. The second-order valence-corrected chi connectivity index (χ2v) is 1.92. The van der Waals surface area contributed by atoms with Crippen LogP contribution in [0.15, 0.2) is 12.2 Å². The van der Waals surface area contributed by atoms with E-state index in [1.165, 1.54) is 0 Å². The van der Waals surface area contributed by atoms with Crippen molar-refractivity contribution in [2.45, 2.75) is 6.92 Å². The topological polar surface area (TPSA) is 27.0 Å². The van der Waals surface area contributed by atoms with Crippen molar-refractivity contribution in [1.82, 2.24) is 4.90 Å². The van der Waals surface area contributed by atoms with Crippen LogP contribution in [-0.4, -0.2) is 25.0 Å². The number of likely N-dealkylation sites (N-methyl/N-ethyl adjacent to an activating group) is 1. The summed E-state index contributed by atoms with van der Waals surface area (Å²) in [5, 5.41) is 8.22. The van der Waals surface area contributed by atoms with Crippen molar-refractivity contribution in [3.63, 3.8) is 0 Å². The third-order valence-electron chi connectivity index (χ3n) is 0.993. The highest BCUT2D eigenvalue weighted by Gasteiger charge is 1.89. The highest BCUT2D eigenvalue weighted by Crippen LogP contribution is 1.80. The maximum absolute atomic E-state index is 8.22. The van der Waals surface area contributed by atoms with E-state index in [9.17, 15) is 0 Å². The first kappa shape index (κ1) is 8.19. The molecule has 0 unspecified atom stereocenters. The van der Waals surface area contributed by atoms with E-state index in [1.807, 2.05) is 31.0 Å². The average molecular weight is 124 g/mol. The van der Waals surface area contributed by atoms with E-state index in [0.717, 1.165) is 6.54 Å². The maximum atomic E-state index is 8.22. The lowest BCUT2D eigenvalue weighted by atomic mass is 10.5. The van der Waals surface area contributed by atoms with Crippen LogP contribution in [0.2, 0.25) is 0 Å². The number of hydrogen-bond donors (Lipinski definition) is 0. The normalized spacial score (nSPS) is 10.4. The van der Waals surface area contributed by atoms with E-state index in [2.05, 4.69) is 6.07 Å². The maximum Gasteiger partial charge on any atom is 0.0866 e. The van der Waals surface area contributed by atoms with Crippen LogP contribution in [0.25, 0.3) is 0 Å². The van der Waals surface area contributed by atoms with Crippen LogP contribution in [0, 0.1) is 11.3 Å². The van der Waals surface area contributed by atoms with Crippen LogP contribution in [0.3, 0.4) is 0 Å². The van der Waals surface area contributed by atoms with E-state index in [0.29, 0.717) is 6.54 Å². The Hall–Kier alpha value is -0.810. The fourth-order valence-corrected chi connectivity index (χ4v) is 0.471. The summed E-state index contributed by atoms with van der Waals surface area (Å²) in [6.07, 6.45) is 4.01. The van der Waals surface area contributed by atoms with Crippen LogP contribution < -0.4 is 0 Å². The average Bonchev–Trinajstić information content (AvgIpc) is 1.85. The van der Waals surface area contributed by atoms with Gasteiger partial charge in [-0.15, -0.1) is 0 Å². The Morgan fingerprint density at radius 1 is 1.67 bits per heavy atom. The lowest BCUT2D eigenvalue weighted by molar-refractivity contribution is 0.417. The van der Waals surface area contributed by atoms with Crippen molar-refractivity contribution in [3.05, 3.63) is 12.2 Å². The fourth-order valence-electron chi connectivity index (χ4n) is 0.471. The third-order valence-corrected chi connectivity index (χ3v) is 0.993. The number of nitriles is 1. The Morgan fingerprint density at radius 2 is 2.33 bits per heavy atom. The Kier molecular flexibility index (Phi) is 4.85. The molecule has 0 atom stereocenters. The molecule has 0 saturated heterocycles. The van der Waals surface area contributed by atoms with Crippen LogP contribution in [0.5, 0.6) is 0 Å². The number of allylic oxidation sites excluding steroid dienone is 1. The first-order valence-electron chi connectivity index (χ1n) is 2.98. The van der Waals surface area contributed by atoms with Crippen LogP contribution in [0.1, 0.15) is 6.92 Å². The van der Waals surface area contributed by atoms with Gasteiger partial charge in [-0.25, -0.2) is 0 Å². The first-order valence-corrected chi connectivity index (χ1v) is 2.98. The largest absolute Gasteiger partial charge is 0.290 e. The zero-order valence-electron chi connectivity index (χ0n) is 5.96. The van der Waals surface area contributed by atoms with Gasteiger partial charge in [-0.3, -0.25) is 4.90 Å². The van der Waals surface area contributed by atoms with Crippen molar-refractivity contribution in [2.24, 2.45) is 0 Å². The minimum Gasteiger partial charge on any atom is -0.290 e. The van der Waals surface area contributed by atoms with E-state index in [-0.39, 0.29) is 0 Å². The Bertz CT molecular complexity index is 121. The summed E-state index contributed by atoms with van der Waals surface area (Å²) in [6, 6.07) is 2.07. The minimum absolute atomic E-state index is 0.504. The van der Waals surface area contributed by atoms with Crippen LogP contribution in [-0.2, 0) is 0 Å². The van der Waals surface area contributed by atoms with E-state index < -0.39 is 0 Å². The molecule has 0 aromatic rings. The Balaban J connectivity index is 3.29. The molecule has 2 heteroatoms.